The van der Waals surface area contributed by atoms with Gasteiger partial charge in [0.15, 0.2) is 11.2 Å². The number of benzene rings is 6. The molecule has 0 bridgehead atoms. The summed E-state index contributed by atoms with van der Waals surface area (Å²) in [5.41, 5.74) is 16.7. The van der Waals surface area contributed by atoms with Crippen molar-refractivity contribution >= 4 is 65.9 Å². The van der Waals surface area contributed by atoms with E-state index in [4.69, 9.17) is 18.8 Å². The summed E-state index contributed by atoms with van der Waals surface area (Å²) in [6.07, 6.45) is 7.45. The third kappa shape index (κ3) is 4.94. The molecule has 12 rings (SSSR count). The van der Waals surface area contributed by atoms with E-state index in [-0.39, 0.29) is 0 Å². The molecular weight excluding hydrogens is 701 g/mol. The number of aromatic nitrogens is 4. The zero-order valence-corrected chi connectivity index (χ0v) is 30.4. The van der Waals surface area contributed by atoms with Crippen molar-refractivity contribution in [3.63, 3.8) is 0 Å². The molecule has 0 fully saturated rings. The molecule has 0 saturated heterocycles. The second-order valence-corrected chi connectivity index (χ2v) is 14.4. The Kier molecular flexibility index (Phi) is 6.83. The van der Waals surface area contributed by atoms with E-state index in [9.17, 15) is 0 Å². The predicted octanol–water partition coefficient (Wildman–Crippen LogP) is 13.4. The lowest BCUT2D eigenvalue weighted by molar-refractivity contribution is 0.669. The van der Waals surface area contributed by atoms with Gasteiger partial charge in [0.1, 0.15) is 22.2 Å². The van der Waals surface area contributed by atoms with E-state index in [1.54, 1.807) is 0 Å². The second-order valence-electron chi connectivity index (χ2n) is 14.4. The first-order valence-electron chi connectivity index (χ1n) is 19.0. The summed E-state index contributed by atoms with van der Waals surface area (Å²) >= 11 is 0. The van der Waals surface area contributed by atoms with Gasteiger partial charge in [0.2, 0.25) is 0 Å². The van der Waals surface area contributed by atoms with E-state index in [0.717, 1.165) is 116 Å². The van der Waals surface area contributed by atoms with E-state index < -0.39 is 0 Å². The molecule has 0 aliphatic heterocycles. The quantitative estimate of drug-likeness (QED) is 0.176. The Hall–Kier alpha value is -7.83. The Bertz CT molecular complexity index is 3300. The summed E-state index contributed by atoms with van der Waals surface area (Å²) in [5.74, 6) is 0. The van der Waals surface area contributed by atoms with Crippen LogP contribution >= 0.6 is 0 Å². The molecule has 6 aromatic carbocycles. The van der Waals surface area contributed by atoms with Gasteiger partial charge in [0.25, 0.3) is 0 Å². The van der Waals surface area contributed by atoms with Crippen LogP contribution in [0.25, 0.3) is 116 Å². The van der Waals surface area contributed by atoms with Crippen LogP contribution in [0, 0.1) is 0 Å². The van der Waals surface area contributed by atoms with Crippen LogP contribution in [0.5, 0.6) is 0 Å². The Morgan fingerprint density at radius 1 is 0.368 bits per heavy atom. The van der Waals surface area contributed by atoms with Crippen LogP contribution in [-0.2, 0) is 0 Å². The van der Waals surface area contributed by atoms with Gasteiger partial charge in [-0.3, -0.25) is 15.0 Å². The largest absolute Gasteiger partial charge is 0.454 e. The smallest absolute Gasteiger partial charge is 0.161 e. The fourth-order valence-corrected chi connectivity index (χ4v) is 8.51. The maximum absolute atomic E-state index is 6.57. The van der Waals surface area contributed by atoms with Gasteiger partial charge in [0, 0.05) is 63.1 Å². The van der Waals surface area contributed by atoms with Crippen molar-refractivity contribution in [3.8, 4) is 50.2 Å². The molecule has 0 atom stereocenters. The maximum atomic E-state index is 6.57. The molecule has 0 amide bonds. The molecule has 6 heteroatoms. The zero-order valence-electron chi connectivity index (χ0n) is 30.4. The first kappa shape index (κ1) is 31.5. The van der Waals surface area contributed by atoms with Crippen LogP contribution < -0.4 is 0 Å². The summed E-state index contributed by atoms with van der Waals surface area (Å²) in [4.78, 5) is 14.0. The summed E-state index contributed by atoms with van der Waals surface area (Å²) in [6, 6.07) is 55.1. The van der Waals surface area contributed by atoms with E-state index in [0.29, 0.717) is 0 Å². The number of hydrogen-bond acceptors (Lipinski definition) is 5. The van der Waals surface area contributed by atoms with Gasteiger partial charge in [-0.15, -0.1) is 0 Å². The van der Waals surface area contributed by atoms with Crippen LogP contribution in [0.15, 0.2) is 191 Å². The maximum Gasteiger partial charge on any atom is 0.161 e. The first-order valence-corrected chi connectivity index (χ1v) is 19.0. The van der Waals surface area contributed by atoms with Crippen LogP contribution in [0.3, 0.4) is 0 Å². The second kappa shape index (κ2) is 12.3. The topological polar surface area (TPSA) is 69.9 Å². The average molecular weight is 731 g/mol. The van der Waals surface area contributed by atoms with E-state index in [1.807, 2.05) is 49.1 Å². The molecule has 0 saturated carbocycles. The highest BCUT2D eigenvalue weighted by Gasteiger charge is 2.20. The monoisotopic (exact) mass is 730 g/mol. The number of fused-ring (bicyclic) bond motifs is 9. The van der Waals surface area contributed by atoms with Crippen LogP contribution in [0.2, 0.25) is 0 Å². The Labute approximate surface area is 325 Å². The standard InChI is InChI=1S/C51H30N4O2/c1-3-7-31(8-4-1)33-13-17-46-42(27-33)48-50(56-46)38(21-25-53-48)35-11-15-40-41-16-12-36(30-45(41)55(44(40)29-35)37-19-23-52-24-20-37)39-22-26-54-49-43-28-34(32-9-5-2-6-10-32)14-18-47(43)57-51(39)49/h1-30H. The third-order valence-corrected chi connectivity index (χ3v) is 11.2. The Morgan fingerprint density at radius 3 is 1.33 bits per heavy atom. The van der Waals surface area contributed by atoms with Crippen molar-refractivity contribution in [2.45, 2.75) is 0 Å². The molecular formula is C51H30N4O2. The zero-order chi connectivity index (χ0) is 37.5. The van der Waals surface area contributed by atoms with Gasteiger partial charge in [-0.2, -0.15) is 0 Å². The number of pyridine rings is 3. The number of nitrogens with zero attached hydrogens (tertiary/aromatic N) is 4. The fraction of sp³-hybridized carbons (Fsp3) is 0. The minimum Gasteiger partial charge on any atom is -0.454 e. The molecule has 6 aromatic heterocycles. The van der Waals surface area contributed by atoms with Gasteiger partial charge in [-0.05, 0) is 94.0 Å². The highest BCUT2D eigenvalue weighted by atomic mass is 16.3. The van der Waals surface area contributed by atoms with E-state index in [1.165, 1.54) is 0 Å². The average Bonchev–Trinajstić information content (AvgIpc) is 3.95. The number of rotatable bonds is 5. The molecule has 266 valence electrons. The summed E-state index contributed by atoms with van der Waals surface area (Å²) in [7, 11) is 0. The van der Waals surface area contributed by atoms with E-state index in [2.05, 4.69) is 143 Å². The van der Waals surface area contributed by atoms with Crippen molar-refractivity contribution in [2.75, 3.05) is 0 Å². The molecule has 6 nitrogen and oxygen atoms in total. The van der Waals surface area contributed by atoms with Gasteiger partial charge >= 0.3 is 0 Å². The van der Waals surface area contributed by atoms with Crippen LogP contribution in [0.4, 0.5) is 0 Å². The van der Waals surface area contributed by atoms with Crippen molar-refractivity contribution in [1.29, 1.82) is 0 Å². The number of hydrogen-bond donors (Lipinski definition) is 0. The van der Waals surface area contributed by atoms with Gasteiger partial charge in [-0.1, -0.05) is 97.1 Å². The van der Waals surface area contributed by atoms with Crippen molar-refractivity contribution in [2.24, 2.45) is 0 Å². The van der Waals surface area contributed by atoms with Crippen molar-refractivity contribution < 1.29 is 8.83 Å². The molecule has 0 radical (unpaired) electrons. The molecule has 57 heavy (non-hydrogen) atoms. The minimum atomic E-state index is 0.773. The fourth-order valence-electron chi connectivity index (χ4n) is 8.51. The van der Waals surface area contributed by atoms with Gasteiger partial charge in [-0.25, -0.2) is 0 Å². The lowest BCUT2D eigenvalue weighted by atomic mass is 10.0. The van der Waals surface area contributed by atoms with E-state index >= 15 is 0 Å². The molecule has 0 aliphatic carbocycles. The van der Waals surface area contributed by atoms with Crippen molar-refractivity contribution in [1.82, 2.24) is 19.5 Å². The molecule has 0 aliphatic rings. The van der Waals surface area contributed by atoms with Gasteiger partial charge in [0.05, 0.1) is 11.0 Å². The van der Waals surface area contributed by atoms with Crippen LogP contribution in [-0.4, -0.2) is 19.5 Å². The summed E-state index contributed by atoms with van der Waals surface area (Å²) < 4.78 is 15.5. The predicted molar refractivity (Wildman–Crippen MR) is 230 cm³/mol. The SMILES string of the molecule is c1ccc(-c2ccc3oc4c(-c5ccc6c7ccc(-c8ccnc9c8oc8ccc(-c%10ccccc%10)cc89)cc7n(-c7ccncc7)c6c5)ccnc4c3c2)cc1. The lowest BCUT2D eigenvalue weighted by Gasteiger charge is -2.10. The van der Waals surface area contributed by atoms with Gasteiger partial charge < -0.3 is 13.4 Å². The highest BCUT2D eigenvalue weighted by Crippen LogP contribution is 2.42. The number of furan rings is 2. The normalized spacial score (nSPS) is 11.9. The first-order chi connectivity index (χ1) is 28.2. The summed E-state index contributed by atoms with van der Waals surface area (Å²) in [6.45, 7) is 0. The van der Waals surface area contributed by atoms with Crippen LogP contribution in [0.1, 0.15) is 0 Å². The Morgan fingerprint density at radius 2 is 0.842 bits per heavy atom. The Balaban J connectivity index is 1.03. The highest BCUT2D eigenvalue weighted by molar-refractivity contribution is 6.14. The van der Waals surface area contributed by atoms with Crippen molar-refractivity contribution in [3.05, 3.63) is 183 Å². The molecule has 0 spiro atoms. The third-order valence-electron chi connectivity index (χ3n) is 11.2. The molecule has 6 heterocycles. The molecule has 0 unspecified atom stereocenters. The molecule has 0 N–H and O–H groups in total. The lowest BCUT2D eigenvalue weighted by Crippen LogP contribution is -1.94. The molecule has 12 aromatic rings. The summed E-state index contributed by atoms with van der Waals surface area (Å²) in [5, 5.41) is 4.30. The minimum absolute atomic E-state index is 0.773.